The first-order valence-corrected chi connectivity index (χ1v) is 10.6. The van der Waals surface area contributed by atoms with Crippen LogP contribution in [0.25, 0.3) is 0 Å². The normalized spacial score (nSPS) is 21.4. The minimum absolute atomic E-state index is 0.0781. The highest BCUT2D eigenvalue weighted by Gasteiger charge is 2.42. The Balaban J connectivity index is 1.73. The lowest BCUT2D eigenvalue weighted by Gasteiger charge is -2.38. The fraction of sp³-hybridized carbons (Fsp3) is 0.400. The highest BCUT2D eigenvalue weighted by atomic mass is 32.2. The van der Waals surface area contributed by atoms with Gasteiger partial charge in [0.1, 0.15) is 10.8 Å². The Morgan fingerprint density at radius 2 is 2.11 bits per heavy atom. The highest BCUT2D eigenvalue weighted by molar-refractivity contribution is 8.00. The summed E-state index contributed by atoms with van der Waals surface area (Å²) >= 11 is 2.89. The molecule has 1 aliphatic carbocycles. The summed E-state index contributed by atoms with van der Waals surface area (Å²) in [5, 5.41) is 22.8. The number of allylic oxidation sites excluding steroid dienone is 4. The molecule has 6 nitrogen and oxygen atoms in total. The third kappa shape index (κ3) is 3.40. The molecule has 1 atom stereocenters. The van der Waals surface area contributed by atoms with E-state index in [2.05, 4.69) is 35.4 Å². The summed E-state index contributed by atoms with van der Waals surface area (Å²) in [5.41, 5.74) is 2.79. The maximum atomic E-state index is 13.0. The summed E-state index contributed by atoms with van der Waals surface area (Å²) < 4.78 is 6.87. The number of hydrogen-bond acceptors (Lipinski definition) is 8. The molecule has 2 aromatic heterocycles. The Labute approximate surface area is 171 Å². The third-order valence-corrected chi connectivity index (χ3v) is 6.75. The molecule has 0 aromatic carbocycles. The van der Waals surface area contributed by atoms with Crippen LogP contribution in [-0.2, 0) is 4.79 Å². The van der Waals surface area contributed by atoms with Crippen LogP contribution in [-0.4, -0.2) is 16.0 Å². The van der Waals surface area contributed by atoms with E-state index in [1.807, 2.05) is 26.0 Å². The van der Waals surface area contributed by atoms with Crippen LogP contribution in [0.5, 0.6) is 0 Å². The van der Waals surface area contributed by atoms with Crippen molar-refractivity contribution in [3.63, 3.8) is 0 Å². The van der Waals surface area contributed by atoms with Crippen LogP contribution in [0.4, 0.5) is 0 Å². The zero-order valence-electron chi connectivity index (χ0n) is 16.1. The van der Waals surface area contributed by atoms with E-state index >= 15 is 0 Å². The zero-order chi connectivity index (χ0) is 20.1. The number of carbonyl (C=O) groups is 1. The minimum Gasteiger partial charge on any atom is -0.453 e. The molecule has 28 heavy (non-hydrogen) atoms. The molecule has 0 saturated heterocycles. The van der Waals surface area contributed by atoms with Crippen molar-refractivity contribution in [1.82, 2.24) is 15.5 Å². The molecule has 8 heteroatoms. The van der Waals surface area contributed by atoms with Gasteiger partial charge in [0.05, 0.1) is 17.6 Å². The highest BCUT2D eigenvalue weighted by Crippen LogP contribution is 2.47. The van der Waals surface area contributed by atoms with Gasteiger partial charge in [0.2, 0.25) is 0 Å². The quantitative estimate of drug-likeness (QED) is 0.780. The third-order valence-electron chi connectivity index (χ3n) is 4.94. The molecule has 0 fully saturated rings. The monoisotopic (exact) mass is 412 g/mol. The predicted molar refractivity (Wildman–Crippen MR) is 107 cm³/mol. The summed E-state index contributed by atoms with van der Waals surface area (Å²) in [7, 11) is 0. The number of hydrogen-bond donors (Lipinski definition) is 1. The molecule has 0 unspecified atom stereocenters. The summed E-state index contributed by atoms with van der Waals surface area (Å²) in [6, 6.07) is 6.00. The van der Waals surface area contributed by atoms with Crippen molar-refractivity contribution in [2.24, 2.45) is 5.41 Å². The number of nitrogens with zero attached hydrogens (tertiary/aromatic N) is 3. The number of rotatable bonds is 3. The van der Waals surface area contributed by atoms with Crippen LogP contribution < -0.4 is 5.32 Å². The number of ketones is 1. The Morgan fingerprint density at radius 3 is 2.79 bits per heavy atom. The minimum atomic E-state index is -0.463. The Hall–Kier alpha value is -2.37. The van der Waals surface area contributed by atoms with Crippen molar-refractivity contribution in [2.45, 2.75) is 55.9 Å². The van der Waals surface area contributed by atoms with Crippen molar-refractivity contribution < 1.29 is 9.21 Å². The number of furan rings is 1. The van der Waals surface area contributed by atoms with Crippen LogP contribution in [0.2, 0.25) is 0 Å². The molecule has 1 aliphatic heterocycles. The molecule has 2 aromatic rings. The average Bonchev–Trinajstić information content (AvgIpc) is 3.21. The lowest BCUT2D eigenvalue weighted by molar-refractivity contribution is -0.118. The standard InChI is InChI=1S/C20H20N4O2S2/c1-10-12(9-21)17(18-13(22-10)7-20(3,4)8-14(18)25)15-5-6-16(26-15)28-19-24-23-11(2)27-19/h5-6,17,22H,7-8H2,1-4H3/t17-/m1/s1. The number of dihydropyridines is 1. The van der Waals surface area contributed by atoms with E-state index in [1.165, 1.54) is 23.1 Å². The second kappa shape index (κ2) is 6.90. The lowest BCUT2D eigenvalue weighted by atomic mass is 9.70. The SMILES string of the molecule is CC1=C(C#N)[C@H](c2ccc(Sc3nnc(C)s3)o2)C2=C(CC(C)(C)CC2=O)N1. The van der Waals surface area contributed by atoms with E-state index in [0.29, 0.717) is 28.4 Å². The summed E-state index contributed by atoms with van der Waals surface area (Å²) in [6.07, 6.45) is 1.24. The van der Waals surface area contributed by atoms with Crippen molar-refractivity contribution in [2.75, 3.05) is 0 Å². The Bertz CT molecular complexity index is 1070. The van der Waals surface area contributed by atoms with Gasteiger partial charge >= 0.3 is 0 Å². The first-order chi connectivity index (χ1) is 13.3. The molecule has 0 spiro atoms. The van der Waals surface area contributed by atoms with Gasteiger partial charge in [-0.1, -0.05) is 25.2 Å². The van der Waals surface area contributed by atoms with Crippen LogP contribution in [0.1, 0.15) is 50.3 Å². The molecule has 0 saturated carbocycles. The lowest BCUT2D eigenvalue weighted by Crippen LogP contribution is -2.36. The second-order valence-electron chi connectivity index (χ2n) is 7.89. The molecule has 0 amide bonds. The predicted octanol–water partition coefficient (Wildman–Crippen LogP) is 4.72. The van der Waals surface area contributed by atoms with Crippen LogP contribution >= 0.6 is 23.1 Å². The smallest absolute Gasteiger partial charge is 0.181 e. The van der Waals surface area contributed by atoms with E-state index in [1.54, 1.807) is 0 Å². The van der Waals surface area contributed by atoms with E-state index < -0.39 is 5.92 Å². The maximum absolute atomic E-state index is 13.0. The van der Waals surface area contributed by atoms with Crippen LogP contribution in [0.15, 0.2) is 48.5 Å². The van der Waals surface area contributed by atoms with E-state index in [0.717, 1.165) is 27.2 Å². The molecule has 1 N–H and O–H groups in total. The number of carbonyl (C=O) groups excluding carboxylic acids is 1. The summed E-state index contributed by atoms with van der Waals surface area (Å²) in [6.45, 7) is 7.97. The maximum Gasteiger partial charge on any atom is 0.181 e. The molecule has 2 aliphatic rings. The fourth-order valence-corrected chi connectivity index (χ4v) is 5.54. The average molecular weight is 413 g/mol. The fourth-order valence-electron chi connectivity index (χ4n) is 3.82. The topological polar surface area (TPSA) is 91.8 Å². The molecular weight excluding hydrogens is 392 g/mol. The van der Waals surface area contributed by atoms with Gasteiger partial charge in [-0.05, 0) is 49.6 Å². The number of Topliss-reactive ketones (excluding diaryl/α,β-unsaturated/α-hetero) is 1. The molecule has 0 bridgehead atoms. The Morgan fingerprint density at radius 1 is 1.32 bits per heavy atom. The van der Waals surface area contributed by atoms with Gasteiger partial charge < -0.3 is 9.73 Å². The number of aromatic nitrogens is 2. The van der Waals surface area contributed by atoms with Crippen molar-refractivity contribution >= 4 is 28.9 Å². The Kier molecular flexibility index (Phi) is 4.68. The molecule has 144 valence electrons. The van der Waals surface area contributed by atoms with E-state index in [-0.39, 0.29) is 11.2 Å². The van der Waals surface area contributed by atoms with Crippen molar-refractivity contribution in [3.8, 4) is 6.07 Å². The van der Waals surface area contributed by atoms with E-state index in [9.17, 15) is 10.1 Å². The second-order valence-corrected chi connectivity index (χ2v) is 10.3. The van der Waals surface area contributed by atoms with Gasteiger partial charge in [-0.25, -0.2) is 0 Å². The van der Waals surface area contributed by atoms with E-state index in [4.69, 9.17) is 4.42 Å². The number of nitriles is 1. The summed E-state index contributed by atoms with van der Waals surface area (Å²) in [5.74, 6) is 0.228. The van der Waals surface area contributed by atoms with Crippen molar-refractivity contribution in [3.05, 3.63) is 45.4 Å². The van der Waals surface area contributed by atoms with Crippen molar-refractivity contribution in [1.29, 1.82) is 5.26 Å². The molecular formula is C20H20N4O2S2. The van der Waals surface area contributed by atoms with Crippen LogP contribution in [0, 0.1) is 23.7 Å². The molecule has 3 heterocycles. The first-order valence-electron chi connectivity index (χ1n) is 8.99. The summed E-state index contributed by atoms with van der Waals surface area (Å²) in [4.78, 5) is 13.0. The van der Waals surface area contributed by atoms with Crippen LogP contribution in [0.3, 0.4) is 0 Å². The van der Waals surface area contributed by atoms with Gasteiger partial charge in [0.25, 0.3) is 0 Å². The number of nitrogens with one attached hydrogen (secondary N) is 1. The number of aryl methyl sites for hydroxylation is 1. The van der Waals surface area contributed by atoms with Gasteiger partial charge in [0, 0.05) is 23.4 Å². The molecule has 4 rings (SSSR count). The molecule has 0 radical (unpaired) electrons. The first kappa shape index (κ1) is 19.0. The largest absolute Gasteiger partial charge is 0.453 e. The van der Waals surface area contributed by atoms with Gasteiger partial charge in [-0.15, -0.1) is 10.2 Å². The zero-order valence-corrected chi connectivity index (χ0v) is 17.8. The van der Waals surface area contributed by atoms with Gasteiger partial charge in [0.15, 0.2) is 15.2 Å². The van der Waals surface area contributed by atoms with Gasteiger partial charge in [-0.2, -0.15) is 5.26 Å². The van der Waals surface area contributed by atoms with Gasteiger partial charge in [-0.3, -0.25) is 4.79 Å².